The second kappa shape index (κ2) is 10.1. The zero-order chi connectivity index (χ0) is 25.9. The summed E-state index contributed by atoms with van der Waals surface area (Å²) in [5.74, 6) is -1.06. The molecule has 0 atom stereocenters. The van der Waals surface area contributed by atoms with E-state index in [1.54, 1.807) is 35.4 Å². The van der Waals surface area contributed by atoms with Gasteiger partial charge in [-0.2, -0.15) is 23.4 Å². The molecule has 3 heterocycles. The lowest BCUT2D eigenvalue weighted by molar-refractivity contribution is -0.148. The number of ether oxygens (including phenoxy) is 2. The summed E-state index contributed by atoms with van der Waals surface area (Å²) in [6.07, 6.45) is -2.60. The molecule has 0 N–H and O–H groups in total. The number of hydrogen-bond acceptors (Lipinski definition) is 7. The van der Waals surface area contributed by atoms with E-state index < -0.39 is 28.9 Å². The molecule has 190 valence electrons. The van der Waals surface area contributed by atoms with Gasteiger partial charge in [-0.15, -0.1) is 0 Å². The molecule has 2 aromatic heterocycles. The smallest absolute Gasteiger partial charge is 0.416 e. The molecule has 1 aliphatic rings. The predicted molar refractivity (Wildman–Crippen MR) is 123 cm³/mol. The van der Waals surface area contributed by atoms with Gasteiger partial charge in [0.05, 0.1) is 41.9 Å². The van der Waals surface area contributed by atoms with Crippen molar-refractivity contribution in [2.75, 3.05) is 31.7 Å². The fraction of sp³-hybridized carbons (Fsp3) is 0.360. The summed E-state index contributed by atoms with van der Waals surface area (Å²) in [5.41, 5.74) is -0.578. The van der Waals surface area contributed by atoms with E-state index in [4.69, 9.17) is 9.47 Å². The summed E-state index contributed by atoms with van der Waals surface area (Å²) in [4.78, 5) is 18.7. The highest BCUT2D eigenvalue weighted by Gasteiger charge is 2.46. The lowest BCUT2D eigenvalue weighted by atomic mass is 9.75. The molecule has 0 amide bonds. The maximum atomic E-state index is 14.5. The quantitative estimate of drug-likeness (QED) is 0.352. The predicted octanol–water partition coefficient (Wildman–Crippen LogP) is 4.81. The van der Waals surface area contributed by atoms with Gasteiger partial charge in [0.2, 0.25) is 5.88 Å². The van der Waals surface area contributed by atoms with Crippen molar-refractivity contribution in [1.82, 2.24) is 15.2 Å². The van der Waals surface area contributed by atoms with Gasteiger partial charge in [0.25, 0.3) is 0 Å². The van der Waals surface area contributed by atoms with Crippen LogP contribution in [0.25, 0.3) is 11.3 Å². The summed E-state index contributed by atoms with van der Waals surface area (Å²) in [6.45, 7) is 2.68. The molecule has 1 fully saturated rings. The number of methoxy groups -OCH3 is 1. The molecule has 36 heavy (non-hydrogen) atoms. The lowest BCUT2D eigenvalue weighted by Crippen LogP contribution is -2.48. The summed E-state index contributed by atoms with van der Waals surface area (Å²) in [7, 11) is 1.28. The minimum Gasteiger partial charge on any atom is -0.477 e. The second-order valence-electron chi connectivity index (χ2n) is 8.32. The third-order valence-corrected chi connectivity index (χ3v) is 6.29. The van der Waals surface area contributed by atoms with Crippen molar-refractivity contribution in [3.05, 3.63) is 65.7 Å². The van der Waals surface area contributed by atoms with Gasteiger partial charge in [-0.3, -0.25) is 4.79 Å². The molecular formula is C25H24F4N4O3. The first-order valence-electron chi connectivity index (χ1n) is 11.3. The van der Waals surface area contributed by atoms with Crippen molar-refractivity contribution >= 4 is 11.7 Å². The Morgan fingerprint density at radius 3 is 2.44 bits per heavy atom. The van der Waals surface area contributed by atoms with Gasteiger partial charge >= 0.3 is 12.1 Å². The molecule has 1 aromatic carbocycles. The maximum absolute atomic E-state index is 14.5. The number of nitrogens with zero attached hydrogens (tertiary/aromatic N) is 4. The van der Waals surface area contributed by atoms with Gasteiger partial charge in [0.15, 0.2) is 0 Å². The zero-order valence-electron chi connectivity index (χ0n) is 19.7. The number of hydrogen-bond donors (Lipinski definition) is 0. The minimum absolute atomic E-state index is 0.0444. The lowest BCUT2D eigenvalue weighted by Gasteiger charge is -2.40. The fourth-order valence-corrected chi connectivity index (χ4v) is 4.40. The molecule has 0 unspecified atom stereocenters. The Morgan fingerprint density at radius 1 is 1.11 bits per heavy atom. The van der Waals surface area contributed by atoms with Crippen LogP contribution in [0, 0.1) is 5.82 Å². The van der Waals surface area contributed by atoms with Crippen LogP contribution in [-0.2, 0) is 21.1 Å². The Hall–Kier alpha value is -3.76. The van der Waals surface area contributed by atoms with E-state index in [1.807, 2.05) is 6.92 Å². The SMILES string of the molecule is CCOc1ncccc1-c1ccc(C2(C(=O)OC)CCN(c3ccc(C(F)(F)F)cc3F)CC2)nn1. The molecule has 4 rings (SSSR count). The van der Waals surface area contributed by atoms with E-state index in [0.29, 0.717) is 35.5 Å². The molecule has 11 heteroatoms. The highest BCUT2D eigenvalue weighted by Crippen LogP contribution is 2.39. The van der Waals surface area contributed by atoms with Gasteiger partial charge in [-0.05, 0) is 62.2 Å². The normalized spacial score (nSPS) is 15.4. The van der Waals surface area contributed by atoms with E-state index in [9.17, 15) is 22.4 Å². The standard InChI is InChI=1S/C25H24F4N4O3/c1-3-36-22-17(5-4-12-30-22)19-7-9-21(32-31-19)24(23(34)35-2)10-13-33(14-11-24)20-8-6-16(15-18(20)26)25(27,28)29/h4-9,12,15H,3,10-11,13-14H2,1-2H3. The molecule has 1 saturated heterocycles. The van der Waals surface area contributed by atoms with E-state index in [1.165, 1.54) is 7.11 Å². The second-order valence-corrected chi connectivity index (χ2v) is 8.32. The molecule has 7 nitrogen and oxygen atoms in total. The highest BCUT2D eigenvalue weighted by molar-refractivity contribution is 5.83. The number of esters is 1. The number of anilines is 1. The van der Waals surface area contributed by atoms with E-state index in [2.05, 4.69) is 15.2 Å². The van der Waals surface area contributed by atoms with Gasteiger partial charge in [-0.25, -0.2) is 9.37 Å². The molecule has 0 radical (unpaired) electrons. The van der Waals surface area contributed by atoms with Crippen molar-refractivity contribution in [3.63, 3.8) is 0 Å². The number of piperidine rings is 1. The third kappa shape index (κ3) is 4.82. The first-order chi connectivity index (χ1) is 17.2. The number of pyridine rings is 1. The minimum atomic E-state index is -4.63. The number of aromatic nitrogens is 3. The van der Waals surface area contributed by atoms with Crippen LogP contribution in [0.4, 0.5) is 23.2 Å². The summed E-state index contributed by atoms with van der Waals surface area (Å²) >= 11 is 0. The number of halogens is 4. The molecule has 0 bridgehead atoms. The Kier molecular flexibility index (Phi) is 7.09. The van der Waals surface area contributed by atoms with Crippen LogP contribution >= 0.6 is 0 Å². The maximum Gasteiger partial charge on any atom is 0.416 e. The average molecular weight is 504 g/mol. The van der Waals surface area contributed by atoms with Crippen LogP contribution in [0.3, 0.4) is 0 Å². The number of carbonyl (C=O) groups excluding carboxylic acids is 1. The molecule has 0 spiro atoms. The number of rotatable bonds is 6. The van der Waals surface area contributed by atoms with Gasteiger partial charge in [0, 0.05) is 19.3 Å². The monoisotopic (exact) mass is 504 g/mol. The number of alkyl halides is 3. The highest BCUT2D eigenvalue weighted by atomic mass is 19.4. The van der Waals surface area contributed by atoms with Crippen LogP contribution < -0.4 is 9.64 Å². The van der Waals surface area contributed by atoms with Crippen molar-refractivity contribution in [1.29, 1.82) is 0 Å². The van der Waals surface area contributed by atoms with Gasteiger partial charge < -0.3 is 14.4 Å². The topological polar surface area (TPSA) is 77.4 Å². The van der Waals surface area contributed by atoms with Crippen LogP contribution in [0.1, 0.15) is 31.0 Å². The first kappa shape index (κ1) is 25.3. The number of benzene rings is 1. The number of carbonyl (C=O) groups is 1. The van der Waals surface area contributed by atoms with Gasteiger partial charge in [-0.1, -0.05) is 0 Å². The molecule has 3 aromatic rings. The van der Waals surface area contributed by atoms with Crippen LogP contribution in [0.15, 0.2) is 48.7 Å². The fourth-order valence-electron chi connectivity index (χ4n) is 4.40. The first-order valence-corrected chi connectivity index (χ1v) is 11.3. The molecule has 1 aliphatic heterocycles. The van der Waals surface area contributed by atoms with Crippen LogP contribution in [0.5, 0.6) is 5.88 Å². The zero-order valence-corrected chi connectivity index (χ0v) is 19.7. The summed E-state index contributed by atoms with van der Waals surface area (Å²) in [5, 5.41) is 8.62. The van der Waals surface area contributed by atoms with Gasteiger partial charge in [0.1, 0.15) is 11.2 Å². The summed E-state index contributed by atoms with van der Waals surface area (Å²) < 4.78 is 63.9. The molecular weight excluding hydrogens is 480 g/mol. The third-order valence-electron chi connectivity index (χ3n) is 6.29. The Labute approximate surface area is 205 Å². The Morgan fingerprint density at radius 2 is 1.86 bits per heavy atom. The van der Waals surface area contributed by atoms with Crippen molar-refractivity contribution in [2.45, 2.75) is 31.4 Å². The largest absolute Gasteiger partial charge is 0.477 e. The average Bonchev–Trinajstić information content (AvgIpc) is 2.88. The van der Waals surface area contributed by atoms with Crippen molar-refractivity contribution in [3.8, 4) is 17.1 Å². The molecule has 0 saturated carbocycles. The van der Waals surface area contributed by atoms with E-state index >= 15 is 0 Å². The van der Waals surface area contributed by atoms with E-state index in [-0.39, 0.29) is 31.6 Å². The Balaban J connectivity index is 1.58. The van der Waals surface area contributed by atoms with Crippen molar-refractivity contribution in [2.24, 2.45) is 0 Å². The van der Waals surface area contributed by atoms with Crippen LogP contribution in [-0.4, -0.2) is 48.0 Å². The van der Waals surface area contributed by atoms with Crippen LogP contribution in [0.2, 0.25) is 0 Å². The van der Waals surface area contributed by atoms with E-state index in [0.717, 1.165) is 12.1 Å². The summed E-state index contributed by atoms with van der Waals surface area (Å²) in [6, 6.07) is 9.40. The molecule has 0 aliphatic carbocycles. The van der Waals surface area contributed by atoms with Crippen molar-refractivity contribution < 1.29 is 31.8 Å². The Bertz CT molecular complexity index is 1230.